The summed E-state index contributed by atoms with van der Waals surface area (Å²) in [6.07, 6.45) is 1.42. The minimum atomic E-state index is -0.574. The number of nitrogens with one attached hydrogen (secondary N) is 1. The average Bonchev–Trinajstić information content (AvgIpc) is 3.12. The van der Waals surface area contributed by atoms with Gasteiger partial charge in [-0.3, -0.25) is 19.8 Å². The fraction of sp³-hybridized carbons (Fsp3) is 0.250. The van der Waals surface area contributed by atoms with Crippen LogP contribution in [0.5, 0.6) is 5.75 Å². The summed E-state index contributed by atoms with van der Waals surface area (Å²) in [5.74, 6) is 0.551. The number of benzene rings is 1. The van der Waals surface area contributed by atoms with Crippen LogP contribution < -0.4 is 19.9 Å². The highest BCUT2D eigenvalue weighted by Crippen LogP contribution is 2.32. The molecule has 0 atom stereocenters. The quantitative estimate of drug-likeness (QED) is 0.399. The highest BCUT2D eigenvalue weighted by Gasteiger charge is 2.35. The van der Waals surface area contributed by atoms with Crippen molar-refractivity contribution in [1.82, 2.24) is 5.32 Å². The van der Waals surface area contributed by atoms with Crippen molar-refractivity contribution >= 4 is 62.7 Å². The highest BCUT2D eigenvalue weighted by atomic mass is 79.9. The van der Waals surface area contributed by atoms with E-state index >= 15 is 0 Å². The zero-order valence-electron chi connectivity index (χ0n) is 16.0. The van der Waals surface area contributed by atoms with Crippen molar-refractivity contribution in [2.75, 3.05) is 43.2 Å². The lowest BCUT2D eigenvalue weighted by Crippen LogP contribution is -2.54. The van der Waals surface area contributed by atoms with Gasteiger partial charge in [0.1, 0.15) is 17.1 Å². The van der Waals surface area contributed by atoms with E-state index in [-0.39, 0.29) is 10.7 Å². The molecule has 2 aliphatic rings. The summed E-state index contributed by atoms with van der Waals surface area (Å²) in [5, 5.41) is 2.58. The van der Waals surface area contributed by atoms with Gasteiger partial charge in [-0.1, -0.05) is 0 Å². The third kappa shape index (κ3) is 3.98. The SMILES string of the molecule is COc1ccc(N2C(=O)C(=Cc3cc(Br)c(N4CCOCC4)o3)C(=O)NC2=S)cc1. The Morgan fingerprint density at radius 2 is 1.90 bits per heavy atom. The van der Waals surface area contributed by atoms with Crippen molar-refractivity contribution in [1.29, 1.82) is 0 Å². The molecule has 1 N–H and O–H groups in total. The van der Waals surface area contributed by atoms with E-state index in [9.17, 15) is 9.59 Å². The average molecular weight is 492 g/mol. The first-order valence-corrected chi connectivity index (χ1v) is 10.4. The topological polar surface area (TPSA) is 84.2 Å². The van der Waals surface area contributed by atoms with Crippen LogP contribution in [0.1, 0.15) is 5.76 Å². The van der Waals surface area contributed by atoms with Gasteiger partial charge < -0.3 is 18.8 Å². The molecule has 30 heavy (non-hydrogen) atoms. The predicted octanol–water partition coefficient (Wildman–Crippen LogP) is 2.72. The molecular weight excluding hydrogens is 474 g/mol. The maximum absolute atomic E-state index is 13.1. The van der Waals surface area contributed by atoms with Crippen molar-refractivity contribution in [3.63, 3.8) is 0 Å². The number of morpholine rings is 1. The highest BCUT2D eigenvalue weighted by molar-refractivity contribution is 9.10. The Labute approximate surface area is 186 Å². The standard InChI is InChI=1S/C20H18BrN3O5S/c1-27-13-4-2-12(3-5-13)24-18(26)15(17(25)22-20(24)30)10-14-11-16(21)19(29-14)23-6-8-28-9-7-23/h2-5,10-11H,6-9H2,1H3,(H,22,25,30). The summed E-state index contributed by atoms with van der Waals surface area (Å²) >= 11 is 8.70. The number of carbonyl (C=O) groups excluding carboxylic acids is 2. The van der Waals surface area contributed by atoms with E-state index in [1.54, 1.807) is 37.4 Å². The Morgan fingerprint density at radius 1 is 1.20 bits per heavy atom. The molecule has 1 aromatic heterocycles. The van der Waals surface area contributed by atoms with Crippen LogP contribution in [0.15, 0.2) is 44.8 Å². The van der Waals surface area contributed by atoms with Gasteiger partial charge in [0.05, 0.1) is 30.5 Å². The molecule has 8 nitrogen and oxygen atoms in total. The number of hydrogen-bond acceptors (Lipinski definition) is 7. The lowest BCUT2D eigenvalue weighted by molar-refractivity contribution is -0.122. The Morgan fingerprint density at radius 3 is 2.57 bits per heavy atom. The minimum Gasteiger partial charge on any atom is -0.497 e. The minimum absolute atomic E-state index is 0.0157. The normalized spacial score (nSPS) is 18.7. The van der Waals surface area contributed by atoms with Gasteiger partial charge >= 0.3 is 0 Å². The van der Waals surface area contributed by atoms with Crippen LogP contribution in [0.2, 0.25) is 0 Å². The molecule has 2 aliphatic heterocycles. The third-order valence-electron chi connectivity index (χ3n) is 4.71. The van der Waals surface area contributed by atoms with Crippen LogP contribution in [0.25, 0.3) is 6.08 Å². The monoisotopic (exact) mass is 491 g/mol. The molecule has 0 radical (unpaired) electrons. The van der Waals surface area contributed by atoms with Crippen LogP contribution in [0.4, 0.5) is 11.6 Å². The third-order valence-corrected chi connectivity index (χ3v) is 5.56. The summed E-state index contributed by atoms with van der Waals surface area (Å²) < 4.78 is 17.1. The van der Waals surface area contributed by atoms with Gasteiger partial charge in [0, 0.05) is 19.2 Å². The predicted molar refractivity (Wildman–Crippen MR) is 119 cm³/mol. The molecule has 1 aromatic carbocycles. The van der Waals surface area contributed by atoms with Crippen LogP contribution in [0.3, 0.4) is 0 Å². The number of hydrogen-bond donors (Lipinski definition) is 1. The number of methoxy groups -OCH3 is 1. The first-order chi connectivity index (χ1) is 14.5. The second-order valence-electron chi connectivity index (χ2n) is 6.56. The van der Waals surface area contributed by atoms with E-state index in [1.807, 2.05) is 4.90 Å². The van der Waals surface area contributed by atoms with Gasteiger partial charge in [-0.25, -0.2) is 0 Å². The molecular formula is C20H18BrN3O5S. The Bertz CT molecular complexity index is 1030. The lowest BCUT2D eigenvalue weighted by atomic mass is 10.1. The molecule has 0 bridgehead atoms. The van der Waals surface area contributed by atoms with E-state index in [0.717, 1.165) is 4.47 Å². The molecule has 10 heteroatoms. The second-order valence-corrected chi connectivity index (χ2v) is 7.80. The van der Waals surface area contributed by atoms with Gasteiger partial charge in [0.15, 0.2) is 5.11 Å². The van der Waals surface area contributed by atoms with Gasteiger partial charge in [-0.05, 0) is 58.5 Å². The fourth-order valence-electron chi connectivity index (χ4n) is 3.20. The zero-order chi connectivity index (χ0) is 21.3. The van der Waals surface area contributed by atoms with E-state index in [0.29, 0.717) is 49.4 Å². The first-order valence-electron chi connectivity index (χ1n) is 9.15. The van der Waals surface area contributed by atoms with Crippen molar-refractivity contribution in [3.8, 4) is 5.75 Å². The van der Waals surface area contributed by atoms with Gasteiger partial charge in [-0.2, -0.15) is 0 Å². The van der Waals surface area contributed by atoms with E-state index in [2.05, 4.69) is 21.2 Å². The number of carbonyl (C=O) groups is 2. The second kappa shape index (κ2) is 8.58. The molecule has 2 saturated heterocycles. The van der Waals surface area contributed by atoms with Crippen LogP contribution in [-0.4, -0.2) is 50.3 Å². The molecule has 2 aromatic rings. The lowest BCUT2D eigenvalue weighted by Gasteiger charge is -2.28. The van der Waals surface area contributed by atoms with E-state index in [4.69, 9.17) is 26.1 Å². The number of furan rings is 1. The van der Waals surface area contributed by atoms with Gasteiger partial charge in [-0.15, -0.1) is 0 Å². The largest absolute Gasteiger partial charge is 0.497 e. The number of rotatable bonds is 4. The number of nitrogens with zero attached hydrogens (tertiary/aromatic N) is 2. The Balaban J connectivity index is 1.64. The summed E-state index contributed by atoms with van der Waals surface area (Å²) in [4.78, 5) is 28.9. The molecule has 2 amide bonds. The van der Waals surface area contributed by atoms with Crippen molar-refractivity contribution < 1.29 is 23.5 Å². The summed E-state index contributed by atoms with van der Waals surface area (Å²) in [6.45, 7) is 2.61. The van der Waals surface area contributed by atoms with Gasteiger partial charge in [0.25, 0.3) is 11.8 Å². The number of thiocarbonyl (C=S) groups is 1. The molecule has 2 fully saturated rings. The van der Waals surface area contributed by atoms with E-state index in [1.165, 1.54) is 11.0 Å². The Kier molecular flexibility index (Phi) is 5.89. The number of anilines is 2. The molecule has 156 valence electrons. The molecule has 0 saturated carbocycles. The van der Waals surface area contributed by atoms with Crippen molar-refractivity contribution in [3.05, 3.63) is 46.1 Å². The first kappa shape index (κ1) is 20.6. The molecule has 3 heterocycles. The molecule has 0 aliphatic carbocycles. The number of ether oxygens (including phenoxy) is 2. The van der Waals surface area contributed by atoms with Crippen LogP contribution in [0, 0.1) is 0 Å². The zero-order valence-corrected chi connectivity index (χ0v) is 18.4. The summed E-state index contributed by atoms with van der Waals surface area (Å²) in [6, 6.07) is 8.53. The summed E-state index contributed by atoms with van der Waals surface area (Å²) in [5.41, 5.74) is 0.445. The maximum atomic E-state index is 13.1. The van der Waals surface area contributed by atoms with Crippen LogP contribution in [-0.2, 0) is 14.3 Å². The smallest absolute Gasteiger partial charge is 0.270 e. The molecule has 4 rings (SSSR count). The summed E-state index contributed by atoms with van der Waals surface area (Å²) in [7, 11) is 1.55. The number of halogens is 1. The molecule has 0 spiro atoms. The van der Waals surface area contributed by atoms with Crippen LogP contribution >= 0.6 is 28.1 Å². The fourth-order valence-corrected chi connectivity index (χ4v) is 4.03. The van der Waals surface area contributed by atoms with Gasteiger partial charge in [0.2, 0.25) is 5.88 Å². The maximum Gasteiger partial charge on any atom is 0.270 e. The molecule has 0 unspecified atom stereocenters. The van der Waals surface area contributed by atoms with Crippen molar-refractivity contribution in [2.24, 2.45) is 0 Å². The van der Waals surface area contributed by atoms with E-state index < -0.39 is 11.8 Å². The van der Waals surface area contributed by atoms with Crippen molar-refractivity contribution in [2.45, 2.75) is 0 Å². The number of amides is 2. The Hall–Kier alpha value is -2.69.